The molecule has 2 fully saturated rings. The molecule has 1 aliphatic carbocycles. The molecule has 4 heterocycles. The fourth-order valence-electron chi connectivity index (χ4n) is 3.77. The van der Waals surface area contributed by atoms with Crippen LogP contribution in [-0.2, 0) is 6.54 Å². The number of pyridine rings is 1. The maximum Gasteiger partial charge on any atom is 0.160 e. The van der Waals surface area contributed by atoms with Crippen molar-refractivity contribution in [2.75, 3.05) is 43.4 Å². The zero-order valence-electron chi connectivity index (χ0n) is 16.0. The van der Waals surface area contributed by atoms with Crippen LogP contribution in [0.3, 0.4) is 0 Å². The van der Waals surface area contributed by atoms with Crippen LogP contribution in [0.15, 0.2) is 35.5 Å². The number of rotatable bonds is 5. The Bertz CT molecular complexity index is 989. The third kappa shape index (κ3) is 3.71. The summed E-state index contributed by atoms with van der Waals surface area (Å²) in [5.74, 6) is 1.51. The van der Waals surface area contributed by atoms with Gasteiger partial charge in [0.1, 0.15) is 16.7 Å². The predicted molar refractivity (Wildman–Crippen MR) is 114 cm³/mol. The number of nitrogens with zero attached hydrogens (tertiary/aromatic N) is 6. The number of hydrogen-bond donors (Lipinski definition) is 1. The highest BCUT2D eigenvalue weighted by Crippen LogP contribution is 2.42. The molecule has 3 aromatic rings. The molecule has 3 aromatic heterocycles. The third-order valence-electron chi connectivity index (χ3n) is 5.58. The van der Waals surface area contributed by atoms with Gasteiger partial charge in [-0.1, -0.05) is 0 Å². The summed E-state index contributed by atoms with van der Waals surface area (Å²) in [7, 11) is 2.19. The molecule has 1 aliphatic heterocycles. The number of imidazole rings is 1. The van der Waals surface area contributed by atoms with Crippen LogP contribution in [0.1, 0.15) is 30.0 Å². The van der Waals surface area contributed by atoms with E-state index in [4.69, 9.17) is 4.98 Å². The van der Waals surface area contributed by atoms with Crippen LogP contribution in [0.25, 0.3) is 5.65 Å². The highest BCUT2D eigenvalue weighted by atomic mass is 79.9. The standard InChI is InChI=1S/C20H24BrN7/c1-26-4-6-27(7-5-26)17-8-15(14-2-3-14)11-28-12-16(25-20(17)28)10-22-19-9-18(21)23-13-24-19/h8-9,11-14H,2-7,10H2,1H3,(H,22,23,24). The lowest BCUT2D eigenvalue weighted by molar-refractivity contribution is 0.313. The Morgan fingerprint density at radius 1 is 1.11 bits per heavy atom. The van der Waals surface area contributed by atoms with Crippen molar-refractivity contribution >= 4 is 33.1 Å². The summed E-state index contributed by atoms with van der Waals surface area (Å²) in [6.07, 6.45) is 8.57. The second kappa shape index (κ2) is 7.33. The van der Waals surface area contributed by atoms with Crippen LogP contribution < -0.4 is 10.2 Å². The smallest absolute Gasteiger partial charge is 0.160 e. The molecule has 1 saturated carbocycles. The molecular formula is C20H24BrN7. The summed E-state index contributed by atoms with van der Waals surface area (Å²) in [5.41, 5.74) is 4.78. The second-order valence-corrected chi connectivity index (χ2v) is 8.58. The van der Waals surface area contributed by atoms with E-state index in [2.05, 4.69) is 70.9 Å². The SMILES string of the molecule is CN1CCN(c2cc(C3CC3)cn3cc(CNc4cc(Br)ncn4)nc23)CC1. The molecular weight excluding hydrogens is 418 g/mol. The molecule has 146 valence electrons. The number of anilines is 2. The molecule has 0 radical (unpaired) electrons. The zero-order chi connectivity index (χ0) is 19.1. The number of likely N-dealkylation sites (N-methyl/N-ethyl adjacent to an activating group) is 1. The molecule has 5 rings (SSSR count). The van der Waals surface area contributed by atoms with E-state index in [1.54, 1.807) is 6.33 Å². The lowest BCUT2D eigenvalue weighted by Gasteiger charge is -2.34. The summed E-state index contributed by atoms with van der Waals surface area (Å²) in [5, 5.41) is 3.34. The van der Waals surface area contributed by atoms with Crippen molar-refractivity contribution < 1.29 is 0 Å². The number of fused-ring (bicyclic) bond motifs is 1. The van der Waals surface area contributed by atoms with Crippen molar-refractivity contribution in [2.45, 2.75) is 25.3 Å². The highest BCUT2D eigenvalue weighted by molar-refractivity contribution is 9.10. The summed E-state index contributed by atoms with van der Waals surface area (Å²) in [4.78, 5) is 18.2. The first-order valence-corrected chi connectivity index (χ1v) is 10.6. The molecule has 7 nitrogen and oxygen atoms in total. The molecule has 0 spiro atoms. The maximum atomic E-state index is 4.96. The van der Waals surface area contributed by atoms with E-state index in [0.29, 0.717) is 6.54 Å². The molecule has 0 unspecified atom stereocenters. The Kier molecular flexibility index (Phi) is 4.68. The number of piperazine rings is 1. The summed E-state index contributed by atoms with van der Waals surface area (Å²) in [6.45, 7) is 4.92. The van der Waals surface area contributed by atoms with Crippen molar-refractivity contribution in [1.29, 1.82) is 0 Å². The van der Waals surface area contributed by atoms with Gasteiger partial charge in [-0.2, -0.15) is 0 Å². The minimum absolute atomic E-state index is 0.631. The van der Waals surface area contributed by atoms with E-state index in [9.17, 15) is 0 Å². The van der Waals surface area contributed by atoms with Gasteiger partial charge in [-0.05, 0) is 53.4 Å². The first kappa shape index (κ1) is 17.9. The fraction of sp³-hybridized carbons (Fsp3) is 0.450. The predicted octanol–water partition coefficient (Wildman–Crippen LogP) is 3.13. The van der Waals surface area contributed by atoms with Crippen molar-refractivity contribution in [2.24, 2.45) is 0 Å². The Hall–Kier alpha value is -2.19. The van der Waals surface area contributed by atoms with Gasteiger partial charge >= 0.3 is 0 Å². The van der Waals surface area contributed by atoms with Crippen LogP contribution in [0.2, 0.25) is 0 Å². The van der Waals surface area contributed by atoms with Crippen LogP contribution in [-0.4, -0.2) is 57.5 Å². The van der Waals surface area contributed by atoms with E-state index in [-0.39, 0.29) is 0 Å². The Balaban J connectivity index is 1.44. The zero-order valence-corrected chi connectivity index (χ0v) is 17.6. The van der Waals surface area contributed by atoms with E-state index in [1.807, 2.05) is 6.07 Å². The molecule has 0 amide bonds. The first-order chi connectivity index (χ1) is 13.7. The van der Waals surface area contributed by atoms with Gasteiger partial charge in [-0.3, -0.25) is 0 Å². The minimum Gasteiger partial charge on any atom is -0.366 e. The van der Waals surface area contributed by atoms with Gasteiger partial charge in [0.25, 0.3) is 0 Å². The van der Waals surface area contributed by atoms with Gasteiger partial charge in [-0.25, -0.2) is 15.0 Å². The van der Waals surface area contributed by atoms with Gasteiger partial charge in [0, 0.05) is 44.6 Å². The van der Waals surface area contributed by atoms with Gasteiger partial charge < -0.3 is 19.5 Å². The fourth-order valence-corrected chi connectivity index (χ4v) is 4.08. The Morgan fingerprint density at radius 2 is 1.93 bits per heavy atom. The van der Waals surface area contributed by atoms with E-state index in [0.717, 1.165) is 53.9 Å². The summed E-state index contributed by atoms with van der Waals surface area (Å²) in [6, 6.07) is 4.25. The van der Waals surface area contributed by atoms with Crippen molar-refractivity contribution in [1.82, 2.24) is 24.3 Å². The molecule has 2 aliphatic rings. The highest BCUT2D eigenvalue weighted by Gasteiger charge is 2.27. The van der Waals surface area contributed by atoms with Gasteiger partial charge in [-0.15, -0.1) is 0 Å². The van der Waals surface area contributed by atoms with Crippen LogP contribution in [0.4, 0.5) is 11.5 Å². The van der Waals surface area contributed by atoms with Gasteiger partial charge in [0.15, 0.2) is 5.65 Å². The number of nitrogens with one attached hydrogen (secondary N) is 1. The molecule has 8 heteroatoms. The van der Waals surface area contributed by atoms with E-state index in [1.165, 1.54) is 24.1 Å². The second-order valence-electron chi connectivity index (χ2n) is 7.77. The largest absolute Gasteiger partial charge is 0.366 e. The van der Waals surface area contributed by atoms with Gasteiger partial charge in [0.2, 0.25) is 0 Å². The average Bonchev–Trinajstić information content (AvgIpc) is 3.46. The Morgan fingerprint density at radius 3 is 2.68 bits per heavy atom. The number of halogens is 1. The van der Waals surface area contributed by atoms with Crippen LogP contribution in [0.5, 0.6) is 0 Å². The quantitative estimate of drug-likeness (QED) is 0.613. The molecule has 1 N–H and O–H groups in total. The molecule has 0 bridgehead atoms. The lowest BCUT2D eigenvalue weighted by atomic mass is 10.1. The molecule has 0 aromatic carbocycles. The first-order valence-electron chi connectivity index (χ1n) is 9.82. The van der Waals surface area contributed by atoms with Crippen LogP contribution >= 0.6 is 15.9 Å². The molecule has 28 heavy (non-hydrogen) atoms. The lowest BCUT2D eigenvalue weighted by Crippen LogP contribution is -2.44. The maximum absolute atomic E-state index is 4.96. The van der Waals surface area contributed by atoms with Gasteiger partial charge in [0.05, 0.1) is 17.9 Å². The normalized spacial score (nSPS) is 18.0. The molecule has 1 saturated heterocycles. The summed E-state index contributed by atoms with van der Waals surface area (Å²) >= 11 is 3.38. The van der Waals surface area contributed by atoms with Crippen molar-refractivity contribution in [3.8, 4) is 0 Å². The van der Waals surface area contributed by atoms with E-state index >= 15 is 0 Å². The topological polar surface area (TPSA) is 61.6 Å². The van der Waals surface area contributed by atoms with Crippen molar-refractivity contribution in [3.05, 3.63) is 46.7 Å². The summed E-state index contributed by atoms with van der Waals surface area (Å²) < 4.78 is 2.99. The third-order valence-corrected chi connectivity index (χ3v) is 6.01. The number of hydrogen-bond acceptors (Lipinski definition) is 6. The number of aromatic nitrogens is 4. The van der Waals surface area contributed by atoms with Crippen LogP contribution in [0, 0.1) is 0 Å². The monoisotopic (exact) mass is 441 g/mol. The molecule has 0 atom stereocenters. The average molecular weight is 442 g/mol. The van der Waals surface area contributed by atoms with Crippen molar-refractivity contribution in [3.63, 3.8) is 0 Å². The Labute approximate surface area is 172 Å². The minimum atomic E-state index is 0.631. The van der Waals surface area contributed by atoms with E-state index < -0.39 is 0 Å².